The molecule has 5 heteroatoms. The summed E-state index contributed by atoms with van der Waals surface area (Å²) in [6.45, 7) is 9.25. The smallest absolute Gasteiger partial charge is 0.264 e. The van der Waals surface area contributed by atoms with Gasteiger partial charge in [0.2, 0.25) is 0 Å². The Morgan fingerprint density at radius 3 is 2.19 bits per heavy atom. The van der Waals surface area contributed by atoms with Gasteiger partial charge in [-0.15, -0.1) is 0 Å². The lowest BCUT2D eigenvalue weighted by Crippen LogP contribution is -2.62. The minimum atomic E-state index is -3.38. The van der Waals surface area contributed by atoms with Crippen molar-refractivity contribution in [1.29, 1.82) is 0 Å². The van der Waals surface area contributed by atoms with Crippen LogP contribution in [0.25, 0.3) is 0 Å². The fourth-order valence-electron chi connectivity index (χ4n) is 2.22. The quantitative estimate of drug-likeness (QED) is 0.695. The minimum absolute atomic E-state index is 0.0827. The van der Waals surface area contributed by atoms with E-state index in [1.54, 1.807) is 0 Å². The van der Waals surface area contributed by atoms with Gasteiger partial charge in [-0.05, 0) is 27.3 Å². The molecule has 1 aliphatic heterocycles. The molecule has 0 bridgehead atoms. The molecule has 0 aliphatic carbocycles. The second-order valence-corrected chi connectivity index (χ2v) is 7.38. The molecule has 0 saturated carbocycles. The monoisotopic (exact) mass is 249 g/mol. The number of piperidine rings is 1. The highest BCUT2D eigenvalue weighted by Gasteiger charge is 2.50. The minimum Gasteiger partial charge on any atom is -0.301 e. The normalized spacial score (nSPS) is 30.2. The molecule has 0 N–H and O–H groups in total. The van der Waals surface area contributed by atoms with Crippen LogP contribution in [-0.2, 0) is 14.3 Å². The van der Waals surface area contributed by atoms with Gasteiger partial charge in [-0.3, -0.25) is 4.18 Å². The zero-order valence-electron chi connectivity index (χ0n) is 11.1. The van der Waals surface area contributed by atoms with E-state index in [0.29, 0.717) is 0 Å². The van der Waals surface area contributed by atoms with Crippen LogP contribution in [0.4, 0.5) is 0 Å². The van der Waals surface area contributed by atoms with Crippen molar-refractivity contribution in [1.82, 2.24) is 4.90 Å². The van der Waals surface area contributed by atoms with Crippen LogP contribution in [-0.4, -0.2) is 44.8 Å². The van der Waals surface area contributed by atoms with E-state index < -0.39 is 10.1 Å². The third-order valence-corrected chi connectivity index (χ3v) is 4.94. The van der Waals surface area contributed by atoms with Crippen molar-refractivity contribution >= 4 is 10.1 Å². The molecular formula is C11H23NO3S. The highest BCUT2D eigenvalue weighted by atomic mass is 32.2. The number of likely N-dealkylation sites (tertiary alicyclic amines) is 1. The topological polar surface area (TPSA) is 46.6 Å². The first kappa shape index (κ1) is 13.9. The number of rotatable bonds is 2. The van der Waals surface area contributed by atoms with E-state index in [-0.39, 0.29) is 17.1 Å². The fraction of sp³-hybridized carbons (Fsp3) is 1.00. The molecule has 0 aromatic heterocycles. The number of nitrogens with zero attached hydrogens (tertiary/aromatic N) is 1. The van der Waals surface area contributed by atoms with Crippen LogP contribution in [0.2, 0.25) is 0 Å². The molecule has 1 fully saturated rings. The Morgan fingerprint density at radius 2 is 1.75 bits per heavy atom. The van der Waals surface area contributed by atoms with Gasteiger partial charge in [0.25, 0.3) is 10.1 Å². The third-order valence-electron chi connectivity index (χ3n) is 4.35. The maximum atomic E-state index is 11.2. The van der Waals surface area contributed by atoms with Crippen molar-refractivity contribution in [3.05, 3.63) is 0 Å². The highest BCUT2D eigenvalue weighted by Crippen LogP contribution is 2.44. The van der Waals surface area contributed by atoms with Crippen molar-refractivity contribution in [2.75, 3.05) is 19.8 Å². The Morgan fingerprint density at radius 1 is 1.25 bits per heavy atom. The van der Waals surface area contributed by atoms with Crippen molar-refractivity contribution in [3.63, 3.8) is 0 Å². The Bertz CT molecular complexity index is 359. The fourth-order valence-corrected chi connectivity index (χ4v) is 2.98. The van der Waals surface area contributed by atoms with Gasteiger partial charge in [0, 0.05) is 17.5 Å². The molecule has 0 aromatic carbocycles. The lowest BCUT2D eigenvalue weighted by Gasteiger charge is -2.55. The van der Waals surface area contributed by atoms with Crippen LogP contribution in [0.3, 0.4) is 0 Å². The van der Waals surface area contributed by atoms with E-state index in [0.717, 1.165) is 19.2 Å². The van der Waals surface area contributed by atoms with Crippen LogP contribution in [0.1, 0.15) is 34.1 Å². The molecule has 1 aliphatic rings. The number of hydrogen-bond donors (Lipinski definition) is 0. The Balaban J connectivity index is 2.98. The SMILES string of the molecule is CN1CCC(OS(C)(=O)=O)C(C)(C)C1(C)C. The van der Waals surface area contributed by atoms with Crippen LogP contribution in [0, 0.1) is 5.41 Å². The van der Waals surface area contributed by atoms with Gasteiger partial charge in [-0.25, -0.2) is 0 Å². The largest absolute Gasteiger partial charge is 0.301 e. The van der Waals surface area contributed by atoms with E-state index >= 15 is 0 Å². The molecule has 1 rings (SSSR count). The van der Waals surface area contributed by atoms with Crippen LogP contribution >= 0.6 is 0 Å². The van der Waals surface area contributed by atoms with Gasteiger partial charge in [-0.1, -0.05) is 13.8 Å². The summed E-state index contributed by atoms with van der Waals surface area (Å²) in [5.41, 5.74) is -0.288. The average Bonchev–Trinajstić information content (AvgIpc) is 2.06. The lowest BCUT2D eigenvalue weighted by atomic mass is 9.66. The van der Waals surface area contributed by atoms with E-state index in [9.17, 15) is 8.42 Å². The summed E-state index contributed by atoms with van der Waals surface area (Å²) in [5.74, 6) is 0. The summed E-state index contributed by atoms with van der Waals surface area (Å²) >= 11 is 0. The first-order valence-corrected chi connectivity index (χ1v) is 7.39. The van der Waals surface area contributed by atoms with Crippen LogP contribution in [0.15, 0.2) is 0 Å². The van der Waals surface area contributed by atoms with Gasteiger partial charge in [-0.2, -0.15) is 8.42 Å². The van der Waals surface area contributed by atoms with Crippen molar-refractivity contribution < 1.29 is 12.6 Å². The first-order chi connectivity index (χ1) is 6.98. The summed E-state index contributed by atoms with van der Waals surface area (Å²) in [6, 6.07) is 0. The van der Waals surface area contributed by atoms with Gasteiger partial charge in [0.05, 0.1) is 12.4 Å². The second-order valence-electron chi connectivity index (χ2n) is 5.78. The maximum absolute atomic E-state index is 11.2. The molecular weight excluding hydrogens is 226 g/mol. The molecule has 0 amide bonds. The first-order valence-electron chi connectivity index (χ1n) is 5.58. The molecule has 1 atom stereocenters. The lowest BCUT2D eigenvalue weighted by molar-refractivity contribution is -0.0893. The maximum Gasteiger partial charge on any atom is 0.264 e. The Labute approximate surface area is 99.1 Å². The summed E-state index contributed by atoms with van der Waals surface area (Å²) in [5, 5.41) is 0. The van der Waals surface area contributed by atoms with E-state index in [1.165, 1.54) is 0 Å². The van der Waals surface area contributed by atoms with Crippen molar-refractivity contribution in [2.45, 2.75) is 45.8 Å². The van der Waals surface area contributed by atoms with Crippen LogP contribution < -0.4 is 0 Å². The van der Waals surface area contributed by atoms with E-state index in [1.807, 2.05) is 0 Å². The second kappa shape index (κ2) is 3.96. The molecule has 1 heterocycles. The number of hydrogen-bond acceptors (Lipinski definition) is 4. The summed E-state index contributed by atoms with van der Waals surface area (Å²) in [4.78, 5) is 2.26. The predicted molar refractivity (Wildman–Crippen MR) is 64.8 cm³/mol. The summed E-state index contributed by atoms with van der Waals surface area (Å²) in [7, 11) is -1.31. The molecule has 0 aromatic rings. The molecule has 96 valence electrons. The van der Waals surface area contributed by atoms with E-state index in [4.69, 9.17) is 4.18 Å². The van der Waals surface area contributed by atoms with Crippen LogP contribution in [0.5, 0.6) is 0 Å². The zero-order chi connectivity index (χ0) is 12.8. The summed E-state index contributed by atoms with van der Waals surface area (Å²) < 4.78 is 27.7. The Hall–Kier alpha value is -0.130. The predicted octanol–water partition coefficient (Wildman–Crippen LogP) is 1.47. The highest BCUT2D eigenvalue weighted by molar-refractivity contribution is 7.86. The van der Waals surface area contributed by atoms with Gasteiger partial charge < -0.3 is 4.90 Å². The van der Waals surface area contributed by atoms with Gasteiger partial charge >= 0.3 is 0 Å². The molecule has 16 heavy (non-hydrogen) atoms. The molecule has 0 radical (unpaired) electrons. The standard InChI is InChI=1S/C11H23NO3S/c1-10(2)9(15-16(6,13)14)7-8-12(5)11(10,3)4/h9H,7-8H2,1-6H3. The molecule has 4 nitrogen and oxygen atoms in total. The molecule has 1 saturated heterocycles. The van der Waals surface area contributed by atoms with Gasteiger partial charge in [0.1, 0.15) is 0 Å². The zero-order valence-corrected chi connectivity index (χ0v) is 11.9. The molecule has 1 unspecified atom stereocenters. The third kappa shape index (κ3) is 2.41. The van der Waals surface area contributed by atoms with Gasteiger partial charge in [0.15, 0.2) is 0 Å². The Kier molecular flexibility index (Phi) is 3.45. The van der Waals surface area contributed by atoms with E-state index in [2.05, 4.69) is 39.6 Å². The van der Waals surface area contributed by atoms with Crippen molar-refractivity contribution in [3.8, 4) is 0 Å². The van der Waals surface area contributed by atoms with Crippen molar-refractivity contribution in [2.24, 2.45) is 5.41 Å². The average molecular weight is 249 g/mol. The molecule has 0 spiro atoms. The summed E-state index contributed by atoms with van der Waals surface area (Å²) in [6.07, 6.45) is 1.63.